The number of nitrogens with zero attached hydrogens (tertiary/aromatic N) is 2. The number of allylic oxidation sites excluding steroid dienone is 1. The Morgan fingerprint density at radius 2 is 1.77 bits per heavy atom. The first kappa shape index (κ1) is 32.3. The largest absolute Gasteiger partial charge is 0.494 e. The van der Waals surface area contributed by atoms with Gasteiger partial charge in [-0.25, -0.2) is 9.79 Å². The van der Waals surface area contributed by atoms with Crippen molar-refractivity contribution in [2.45, 2.75) is 33.4 Å². The van der Waals surface area contributed by atoms with Gasteiger partial charge in [-0.15, -0.1) is 0 Å². The van der Waals surface area contributed by atoms with E-state index in [1.54, 1.807) is 31.6 Å². The topological polar surface area (TPSA) is 88.4 Å². The Labute approximate surface area is 284 Å². The number of carbonyl (C=O) groups is 1. The van der Waals surface area contributed by atoms with Gasteiger partial charge in [-0.05, 0) is 73.0 Å². The third-order valence-electron chi connectivity index (χ3n) is 7.83. The molecule has 0 fully saturated rings. The van der Waals surface area contributed by atoms with E-state index < -0.39 is 12.0 Å². The first-order chi connectivity index (χ1) is 22.8. The molecule has 4 aromatic carbocycles. The van der Waals surface area contributed by atoms with Gasteiger partial charge >= 0.3 is 5.97 Å². The summed E-state index contributed by atoms with van der Waals surface area (Å²) in [5, 5.41) is 2.22. The average molecular weight is 714 g/mol. The number of ether oxygens (including phenoxy) is 4. The molecule has 0 aliphatic carbocycles. The van der Waals surface area contributed by atoms with E-state index in [9.17, 15) is 9.59 Å². The number of methoxy groups -OCH3 is 1. The maximum Gasteiger partial charge on any atom is 0.338 e. The van der Waals surface area contributed by atoms with E-state index in [-0.39, 0.29) is 12.2 Å². The highest BCUT2D eigenvalue weighted by Gasteiger charge is 2.33. The van der Waals surface area contributed by atoms with Gasteiger partial charge in [0.2, 0.25) is 0 Å². The first-order valence-electron chi connectivity index (χ1n) is 15.2. The van der Waals surface area contributed by atoms with Gasteiger partial charge in [0.1, 0.15) is 12.4 Å². The van der Waals surface area contributed by atoms with Gasteiger partial charge in [0.25, 0.3) is 5.56 Å². The van der Waals surface area contributed by atoms with E-state index >= 15 is 0 Å². The molecule has 1 aliphatic rings. The van der Waals surface area contributed by atoms with Gasteiger partial charge in [0.05, 0.1) is 42.2 Å². The van der Waals surface area contributed by atoms with E-state index in [0.29, 0.717) is 56.6 Å². The lowest BCUT2D eigenvalue weighted by atomic mass is 9.96. The van der Waals surface area contributed by atoms with Crippen LogP contribution in [0.5, 0.6) is 17.2 Å². The van der Waals surface area contributed by atoms with E-state index in [2.05, 4.69) is 34.1 Å². The second-order valence-electron chi connectivity index (χ2n) is 10.8. The normalized spacial score (nSPS) is 14.5. The highest BCUT2D eigenvalue weighted by atomic mass is 79.9. The number of fused-ring (bicyclic) bond motifs is 2. The standard InChI is InChI=1S/C37H33BrN2O6S/c1-5-44-28-16-14-24(15-17-28)33-32(36(42)45-6-2)22(3)39-37-40(33)35(41)31(47-37)19-26-18-27(38)20-30(43-4)34(26)46-21-25-12-9-11-23-10-7-8-13-29(23)25/h7-20,33H,5-6,21H2,1-4H3/b31-19-/t33-/m0/s1. The SMILES string of the molecule is CCOC(=O)C1=C(C)N=c2s/c(=C\c3cc(Br)cc(OC)c3OCc3cccc4ccccc34)c(=O)n2[C@H]1c1ccc(OCC)cc1. The molecular formula is C37H33BrN2O6S. The molecule has 0 bridgehead atoms. The summed E-state index contributed by atoms with van der Waals surface area (Å²) in [7, 11) is 1.58. The Morgan fingerprint density at radius 1 is 1.00 bits per heavy atom. The lowest BCUT2D eigenvalue weighted by molar-refractivity contribution is -0.139. The number of thiazole rings is 1. The predicted molar refractivity (Wildman–Crippen MR) is 187 cm³/mol. The summed E-state index contributed by atoms with van der Waals surface area (Å²) in [6.07, 6.45) is 1.79. The van der Waals surface area contributed by atoms with Crippen LogP contribution >= 0.6 is 27.3 Å². The number of aromatic nitrogens is 1. The van der Waals surface area contributed by atoms with Crippen LogP contribution in [0.15, 0.2) is 104 Å². The fourth-order valence-electron chi connectivity index (χ4n) is 5.73. The van der Waals surface area contributed by atoms with Crippen LogP contribution in [0.25, 0.3) is 16.8 Å². The van der Waals surface area contributed by atoms with Crippen molar-refractivity contribution in [2.75, 3.05) is 20.3 Å². The number of rotatable bonds is 10. The van der Waals surface area contributed by atoms with Crippen LogP contribution in [0.1, 0.15) is 43.5 Å². The van der Waals surface area contributed by atoms with Gasteiger partial charge in [-0.1, -0.05) is 81.9 Å². The minimum atomic E-state index is -0.734. The molecule has 0 radical (unpaired) electrons. The summed E-state index contributed by atoms with van der Waals surface area (Å²) in [6.45, 7) is 6.45. The minimum absolute atomic E-state index is 0.197. The van der Waals surface area contributed by atoms with Crippen LogP contribution in [0.4, 0.5) is 0 Å². The Kier molecular flexibility index (Phi) is 9.60. The van der Waals surface area contributed by atoms with Crippen molar-refractivity contribution >= 4 is 50.1 Å². The number of hydrogen-bond donors (Lipinski definition) is 0. The second kappa shape index (κ2) is 14.0. The van der Waals surface area contributed by atoms with Crippen LogP contribution in [-0.2, 0) is 16.1 Å². The van der Waals surface area contributed by atoms with E-state index in [1.807, 2.05) is 67.6 Å². The smallest absolute Gasteiger partial charge is 0.338 e. The fraction of sp³-hybridized carbons (Fsp3) is 0.216. The molecule has 1 aliphatic heterocycles. The highest BCUT2D eigenvalue weighted by Crippen LogP contribution is 2.37. The zero-order valence-corrected chi connectivity index (χ0v) is 28.8. The summed E-state index contributed by atoms with van der Waals surface area (Å²) in [5.74, 6) is 1.21. The van der Waals surface area contributed by atoms with E-state index in [1.165, 1.54) is 11.3 Å². The molecule has 10 heteroatoms. The molecule has 6 rings (SSSR count). The Hall–Kier alpha value is -4.67. The number of esters is 1. The van der Waals surface area contributed by atoms with Crippen molar-refractivity contribution in [2.24, 2.45) is 4.99 Å². The third-order valence-corrected chi connectivity index (χ3v) is 9.27. The summed E-state index contributed by atoms with van der Waals surface area (Å²) in [4.78, 5) is 32.7. The van der Waals surface area contributed by atoms with Gasteiger partial charge in [-0.3, -0.25) is 9.36 Å². The molecule has 0 N–H and O–H groups in total. The third kappa shape index (κ3) is 6.48. The number of benzene rings is 4. The predicted octanol–water partition coefficient (Wildman–Crippen LogP) is 6.70. The second-order valence-corrected chi connectivity index (χ2v) is 12.7. The number of carbonyl (C=O) groups excluding carboxylic acids is 1. The molecule has 2 heterocycles. The quantitative estimate of drug-likeness (QED) is 0.150. The molecule has 0 spiro atoms. The van der Waals surface area contributed by atoms with Crippen LogP contribution in [0, 0.1) is 0 Å². The van der Waals surface area contributed by atoms with Crippen LogP contribution in [0.2, 0.25) is 0 Å². The molecule has 240 valence electrons. The Bertz CT molecular complexity index is 2180. The van der Waals surface area contributed by atoms with Gasteiger partial charge < -0.3 is 18.9 Å². The monoisotopic (exact) mass is 712 g/mol. The summed E-state index contributed by atoms with van der Waals surface area (Å²) < 4.78 is 26.0. The molecular weight excluding hydrogens is 680 g/mol. The molecule has 0 saturated heterocycles. The van der Waals surface area contributed by atoms with Crippen molar-refractivity contribution in [3.8, 4) is 17.2 Å². The molecule has 1 aromatic heterocycles. The highest BCUT2D eigenvalue weighted by molar-refractivity contribution is 9.10. The lowest BCUT2D eigenvalue weighted by Crippen LogP contribution is -2.39. The van der Waals surface area contributed by atoms with Gasteiger partial charge in [0, 0.05) is 10.0 Å². The maximum atomic E-state index is 14.3. The molecule has 0 amide bonds. The van der Waals surface area contributed by atoms with Crippen molar-refractivity contribution in [1.82, 2.24) is 4.57 Å². The van der Waals surface area contributed by atoms with Crippen molar-refractivity contribution in [1.29, 1.82) is 0 Å². The molecule has 0 saturated carbocycles. The zero-order valence-electron chi connectivity index (χ0n) is 26.4. The zero-order chi connectivity index (χ0) is 33.1. The van der Waals surface area contributed by atoms with Crippen LogP contribution in [0.3, 0.4) is 0 Å². The Morgan fingerprint density at radius 3 is 2.51 bits per heavy atom. The van der Waals surface area contributed by atoms with Crippen molar-refractivity contribution in [3.05, 3.63) is 131 Å². The minimum Gasteiger partial charge on any atom is -0.494 e. The van der Waals surface area contributed by atoms with Crippen molar-refractivity contribution < 1.29 is 23.7 Å². The van der Waals surface area contributed by atoms with E-state index in [0.717, 1.165) is 26.4 Å². The number of halogens is 1. The van der Waals surface area contributed by atoms with Crippen molar-refractivity contribution in [3.63, 3.8) is 0 Å². The molecule has 0 unspecified atom stereocenters. The lowest BCUT2D eigenvalue weighted by Gasteiger charge is -2.24. The average Bonchev–Trinajstić information content (AvgIpc) is 3.37. The molecule has 5 aromatic rings. The Balaban J connectivity index is 1.47. The fourth-order valence-corrected chi connectivity index (χ4v) is 7.22. The first-order valence-corrected chi connectivity index (χ1v) is 16.8. The van der Waals surface area contributed by atoms with E-state index in [4.69, 9.17) is 23.9 Å². The molecule has 47 heavy (non-hydrogen) atoms. The summed E-state index contributed by atoms with van der Waals surface area (Å²) >= 11 is 4.83. The van der Waals surface area contributed by atoms with Gasteiger partial charge in [-0.2, -0.15) is 0 Å². The maximum absolute atomic E-state index is 14.3. The van der Waals surface area contributed by atoms with Crippen LogP contribution < -0.4 is 29.1 Å². The summed E-state index contributed by atoms with van der Waals surface area (Å²) in [6, 6.07) is 24.7. The number of hydrogen-bond acceptors (Lipinski definition) is 8. The summed E-state index contributed by atoms with van der Waals surface area (Å²) in [5.41, 5.74) is 2.94. The molecule has 8 nitrogen and oxygen atoms in total. The van der Waals surface area contributed by atoms with Gasteiger partial charge in [0.15, 0.2) is 16.3 Å². The van der Waals surface area contributed by atoms with Crippen LogP contribution in [-0.4, -0.2) is 30.9 Å². The molecule has 1 atom stereocenters.